The molecule has 1 aromatic heterocycles. The second-order valence-electron chi connectivity index (χ2n) is 3.54. The molecule has 1 aromatic carbocycles. The summed E-state index contributed by atoms with van der Waals surface area (Å²) in [5, 5.41) is 17.7. The van der Waals surface area contributed by atoms with Crippen LogP contribution in [0.1, 0.15) is 29.8 Å². The van der Waals surface area contributed by atoms with Crippen molar-refractivity contribution in [2.24, 2.45) is 0 Å². The van der Waals surface area contributed by atoms with Gasteiger partial charge in [-0.15, -0.1) is 0 Å². The third kappa shape index (κ3) is 3.56. The molecule has 1 N–H and O–H groups in total. The van der Waals surface area contributed by atoms with Crippen LogP contribution in [0.4, 0.5) is 0 Å². The second kappa shape index (κ2) is 7.27. The molecular weight excluding hydrogens is 276 g/mol. The van der Waals surface area contributed by atoms with Crippen molar-refractivity contribution in [1.82, 2.24) is 4.98 Å². The zero-order valence-electron chi connectivity index (χ0n) is 11.1. The van der Waals surface area contributed by atoms with Crippen LogP contribution in [0.25, 0.3) is 11.3 Å². The fourth-order valence-electron chi connectivity index (χ4n) is 1.46. The van der Waals surface area contributed by atoms with Gasteiger partial charge in [-0.3, -0.25) is 4.98 Å². The Morgan fingerprint density at radius 1 is 1.30 bits per heavy atom. The molecule has 0 spiro atoms. The molecule has 0 saturated heterocycles. The first kappa shape index (κ1) is 15.7. The van der Waals surface area contributed by atoms with Crippen molar-refractivity contribution in [3.63, 3.8) is 0 Å². The zero-order valence-corrected chi connectivity index (χ0v) is 11.8. The lowest BCUT2D eigenvalue weighted by molar-refractivity contribution is 0.0696. The Morgan fingerprint density at radius 2 is 1.90 bits per heavy atom. The lowest BCUT2D eigenvalue weighted by atomic mass is 10.1. The molecule has 2 aromatic rings. The van der Waals surface area contributed by atoms with Crippen LogP contribution in [-0.2, 0) is 0 Å². The van der Waals surface area contributed by atoms with Gasteiger partial charge in [0.1, 0.15) is 0 Å². The zero-order chi connectivity index (χ0) is 15.1. The third-order valence-electron chi connectivity index (χ3n) is 2.39. The van der Waals surface area contributed by atoms with E-state index in [0.717, 1.165) is 5.56 Å². The van der Waals surface area contributed by atoms with Crippen LogP contribution in [0.5, 0.6) is 0 Å². The number of aromatic nitrogens is 1. The van der Waals surface area contributed by atoms with E-state index >= 15 is 0 Å². The van der Waals surface area contributed by atoms with Gasteiger partial charge < -0.3 is 5.11 Å². The monoisotopic (exact) mass is 288 g/mol. The number of hydrogen-bond donors (Lipinski definition) is 1. The Morgan fingerprint density at radius 3 is 2.35 bits per heavy atom. The molecule has 0 saturated carbocycles. The van der Waals surface area contributed by atoms with Crippen LogP contribution in [-0.4, -0.2) is 16.1 Å². The summed E-state index contributed by atoms with van der Waals surface area (Å²) in [6.07, 6.45) is 1.22. The van der Waals surface area contributed by atoms with Gasteiger partial charge in [0.15, 0.2) is 0 Å². The van der Waals surface area contributed by atoms with Crippen LogP contribution < -0.4 is 0 Å². The van der Waals surface area contributed by atoms with Gasteiger partial charge in [-0.2, -0.15) is 5.26 Å². The largest absolute Gasteiger partial charge is 0.478 e. The summed E-state index contributed by atoms with van der Waals surface area (Å²) in [6, 6.07) is 10.3. The molecule has 1 heterocycles. The van der Waals surface area contributed by atoms with E-state index < -0.39 is 5.97 Å². The summed E-state index contributed by atoms with van der Waals surface area (Å²) < 4.78 is 0. The van der Waals surface area contributed by atoms with Crippen molar-refractivity contribution in [2.45, 2.75) is 13.8 Å². The highest BCUT2D eigenvalue weighted by molar-refractivity contribution is 6.33. The van der Waals surface area contributed by atoms with Gasteiger partial charge >= 0.3 is 5.97 Å². The van der Waals surface area contributed by atoms with E-state index in [1.807, 2.05) is 19.9 Å². The highest BCUT2D eigenvalue weighted by Crippen LogP contribution is 2.23. The summed E-state index contributed by atoms with van der Waals surface area (Å²) in [5.41, 5.74) is 1.85. The average molecular weight is 289 g/mol. The number of carbonyl (C=O) groups is 1. The highest BCUT2D eigenvalue weighted by atomic mass is 35.5. The van der Waals surface area contributed by atoms with E-state index in [-0.39, 0.29) is 10.6 Å². The minimum atomic E-state index is -1.11. The number of rotatable bonds is 2. The van der Waals surface area contributed by atoms with Crippen molar-refractivity contribution in [3.8, 4) is 17.3 Å². The Balaban J connectivity index is 0.000000956. The standard InChI is InChI=1S/C13H7ClN2O2.C2H6/c14-11-5-12(16-7-10(11)13(17)18)9-3-1-8(6-15)2-4-9;1-2/h1-5,7H,(H,17,18);1-2H3. The number of halogens is 1. The van der Waals surface area contributed by atoms with Gasteiger partial charge in [0, 0.05) is 11.8 Å². The number of aromatic carboxylic acids is 1. The lowest BCUT2D eigenvalue weighted by Crippen LogP contribution is -1.99. The van der Waals surface area contributed by atoms with Crippen molar-refractivity contribution in [1.29, 1.82) is 5.26 Å². The van der Waals surface area contributed by atoms with E-state index in [9.17, 15) is 4.79 Å². The van der Waals surface area contributed by atoms with Gasteiger partial charge in [0.2, 0.25) is 0 Å². The van der Waals surface area contributed by atoms with E-state index in [0.29, 0.717) is 11.3 Å². The van der Waals surface area contributed by atoms with Crippen LogP contribution >= 0.6 is 11.6 Å². The molecule has 4 nitrogen and oxygen atoms in total. The van der Waals surface area contributed by atoms with Crippen molar-refractivity contribution in [2.75, 3.05) is 0 Å². The van der Waals surface area contributed by atoms with Crippen LogP contribution in [0.15, 0.2) is 36.5 Å². The molecule has 0 fully saturated rings. The number of nitrogens with zero attached hydrogens (tertiary/aromatic N) is 2. The Hall–Kier alpha value is -2.38. The number of carboxylic acids is 1. The average Bonchev–Trinajstić information content (AvgIpc) is 2.49. The summed E-state index contributed by atoms with van der Waals surface area (Å²) in [4.78, 5) is 14.8. The summed E-state index contributed by atoms with van der Waals surface area (Å²) >= 11 is 5.86. The Labute approximate surface area is 122 Å². The molecule has 20 heavy (non-hydrogen) atoms. The topological polar surface area (TPSA) is 74.0 Å². The molecule has 5 heteroatoms. The Kier molecular flexibility index (Phi) is 5.70. The van der Waals surface area contributed by atoms with Gasteiger partial charge in [-0.1, -0.05) is 37.6 Å². The molecule has 102 valence electrons. The van der Waals surface area contributed by atoms with E-state index in [1.165, 1.54) is 12.3 Å². The summed E-state index contributed by atoms with van der Waals surface area (Å²) in [5.74, 6) is -1.11. The fourth-order valence-corrected chi connectivity index (χ4v) is 1.69. The van der Waals surface area contributed by atoms with Gasteiger partial charge in [-0.25, -0.2) is 4.79 Å². The summed E-state index contributed by atoms with van der Waals surface area (Å²) in [6.45, 7) is 4.00. The first-order valence-corrected chi connectivity index (χ1v) is 6.39. The van der Waals surface area contributed by atoms with E-state index in [2.05, 4.69) is 4.98 Å². The maximum absolute atomic E-state index is 10.8. The number of benzene rings is 1. The molecular formula is C15H13ClN2O2. The number of carboxylic acid groups (broad SMARTS) is 1. The predicted octanol–water partition coefficient (Wildman–Crippen LogP) is 4.00. The smallest absolute Gasteiger partial charge is 0.338 e. The normalized spacial score (nSPS) is 9.10. The minimum absolute atomic E-state index is 0.0333. The van der Waals surface area contributed by atoms with Crippen LogP contribution in [0, 0.1) is 11.3 Å². The predicted molar refractivity (Wildman–Crippen MR) is 77.7 cm³/mol. The molecule has 0 aliphatic heterocycles. The lowest BCUT2D eigenvalue weighted by Gasteiger charge is -2.03. The third-order valence-corrected chi connectivity index (χ3v) is 2.71. The van der Waals surface area contributed by atoms with E-state index in [1.54, 1.807) is 24.3 Å². The van der Waals surface area contributed by atoms with Crippen molar-refractivity contribution < 1.29 is 9.90 Å². The first-order valence-electron chi connectivity index (χ1n) is 6.01. The minimum Gasteiger partial charge on any atom is -0.478 e. The SMILES string of the molecule is CC.N#Cc1ccc(-c2cc(Cl)c(C(=O)O)cn2)cc1. The first-order chi connectivity index (χ1) is 9.61. The van der Waals surface area contributed by atoms with Gasteiger partial charge in [0.05, 0.1) is 27.9 Å². The number of hydrogen-bond acceptors (Lipinski definition) is 3. The molecule has 0 bridgehead atoms. The van der Waals surface area contributed by atoms with Gasteiger partial charge in [0.25, 0.3) is 0 Å². The molecule has 0 amide bonds. The number of nitriles is 1. The van der Waals surface area contributed by atoms with Gasteiger partial charge in [-0.05, 0) is 18.2 Å². The van der Waals surface area contributed by atoms with Crippen molar-refractivity contribution in [3.05, 3.63) is 52.7 Å². The van der Waals surface area contributed by atoms with Crippen LogP contribution in [0.3, 0.4) is 0 Å². The molecule has 2 rings (SSSR count). The van der Waals surface area contributed by atoms with Crippen LogP contribution in [0.2, 0.25) is 5.02 Å². The highest BCUT2D eigenvalue weighted by Gasteiger charge is 2.10. The maximum atomic E-state index is 10.8. The molecule has 0 unspecified atom stereocenters. The number of pyridine rings is 1. The maximum Gasteiger partial charge on any atom is 0.338 e. The molecule has 0 aliphatic carbocycles. The molecule has 0 atom stereocenters. The summed E-state index contributed by atoms with van der Waals surface area (Å²) in [7, 11) is 0. The quantitative estimate of drug-likeness (QED) is 0.906. The second-order valence-corrected chi connectivity index (χ2v) is 3.95. The molecule has 0 radical (unpaired) electrons. The Bertz CT molecular complexity index is 646. The fraction of sp³-hybridized carbons (Fsp3) is 0.133. The molecule has 0 aliphatic rings. The van der Waals surface area contributed by atoms with Crippen molar-refractivity contribution >= 4 is 17.6 Å². The van der Waals surface area contributed by atoms with E-state index in [4.69, 9.17) is 22.0 Å².